The molecule has 1 fully saturated rings. The number of hydrogen-bond acceptors (Lipinski definition) is 8. The van der Waals surface area contributed by atoms with Crippen molar-refractivity contribution in [2.24, 2.45) is 0 Å². The van der Waals surface area contributed by atoms with E-state index in [2.05, 4.69) is 20.6 Å². The van der Waals surface area contributed by atoms with Gasteiger partial charge in [-0.1, -0.05) is 6.07 Å². The molecule has 0 bridgehead atoms. The van der Waals surface area contributed by atoms with Crippen molar-refractivity contribution in [3.63, 3.8) is 0 Å². The lowest BCUT2D eigenvalue weighted by atomic mass is 10.1. The van der Waals surface area contributed by atoms with E-state index >= 15 is 0 Å². The van der Waals surface area contributed by atoms with Crippen molar-refractivity contribution < 1.29 is 41.9 Å². The Labute approximate surface area is 242 Å². The van der Waals surface area contributed by atoms with Gasteiger partial charge in [0.15, 0.2) is 0 Å². The molecule has 3 aromatic rings. The van der Waals surface area contributed by atoms with Crippen molar-refractivity contribution in [3.05, 3.63) is 60.8 Å². The predicted octanol–water partition coefficient (Wildman–Crippen LogP) is 4.52. The van der Waals surface area contributed by atoms with Gasteiger partial charge in [0.1, 0.15) is 18.1 Å². The minimum Gasteiger partial charge on any atom is -0.492 e. The Bertz CT molecular complexity index is 2010. The third-order valence-electron chi connectivity index (χ3n) is 4.19. The van der Waals surface area contributed by atoms with Crippen molar-refractivity contribution in [2.45, 2.75) is 43.7 Å². The van der Waals surface area contributed by atoms with Crippen LogP contribution in [0.3, 0.4) is 0 Å². The second kappa shape index (κ2) is 11.2. The lowest BCUT2D eigenvalue weighted by Crippen LogP contribution is -2.40. The molecule has 2 aromatic carbocycles. The molecular formula is C26H34N6O3S. The summed E-state index contributed by atoms with van der Waals surface area (Å²) in [5, 5.41) is 5.57. The van der Waals surface area contributed by atoms with Crippen LogP contribution in [-0.4, -0.2) is 54.9 Å². The first-order valence-electron chi connectivity index (χ1n) is 20.5. The van der Waals surface area contributed by atoms with Gasteiger partial charge in [0.2, 0.25) is 16.0 Å². The van der Waals surface area contributed by atoms with E-state index in [-0.39, 0.29) is 28.9 Å². The minimum atomic E-state index is -5.11. The Hall–Kier alpha value is -3.21. The molecule has 3 N–H and O–H groups in total. The maximum absolute atomic E-state index is 13.3. The minimum absolute atomic E-state index is 0.0165. The normalized spacial score (nSPS) is 30.6. The Balaban J connectivity index is 1.52. The molecule has 0 radical (unpaired) electrons. The van der Waals surface area contributed by atoms with E-state index < -0.39 is 84.7 Å². The number of anilines is 4. The second-order valence-electron chi connectivity index (χ2n) is 7.05. The summed E-state index contributed by atoms with van der Waals surface area (Å²) in [6.45, 7) is -26.3. The highest BCUT2D eigenvalue weighted by molar-refractivity contribution is 7.89. The maximum Gasteiger partial charge on any atom is 0.241 e. The van der Waals surface area contributed by atoms with Crippen molar-refractivity contribution in [1.82, 2.24) is 19.6 Å². The fourth-order valence-electron chi connectivity index (χ4n) is 2.75. The molecule has 0 atom stereocenters. The van der Waals surface area contributed by atoms with Crippen LogP contribution in [-0.2, 0) is 10.0 Å². The molecule has 0 saturated carbocycles. The molecular weight excluding hydrogens is 476 g/mol. The zero-order chi connectivity index (χ0) is 43.9. The lowest BCUT2D eigenvalue weighted by molar-refractivity contribution is 0.238. The van der Waals surface area contributed by atoms with Crippen LogP contribution in [0.1, 0.15) is 62.1 Å². The van der Waals surface area contributed by atoms with Crippen LogP contribution in [0.4, 0.5) is 23.1 Å². The fraction of sp³-hybridized carbons (Fsp3) is 0.385. The molecule has 36 heavy (non-hydrogen) atoms. The number of nitrogens with zero attached hydrogens (tertiary/aromatic N) is 3. The van der Waals surface area contributed by atoms with E-state index in [1.165, 1.54) is 41.3 Å². The zero-order valence-electron chi connectivity index (χ0n) is 39.2. The molecule has 1 aromatic heterocycles. The van der Waals surface area contributed by atoms with Gasteiger partial charge in [0.25, 0.3) is 0 Å². The molecule has 4 rings (SSSR count). The summed E-state index contributed by atoms with van der Waals surface area (Å²) in [7, 11) is -5.11. The molecule has 1 aliphatic heterocycles. The van der Waals surface area contributed by atoms with Gasteiger partial charge < -0.3 is 15.4 Å². The Kier molecular flexibility index (Phi) is 3.21. The van der Waals surface area contributed by atoms with Gasteiger partial charge in [-0.05, 0) is 94.8 Å². The van der Waals surface area contributed by atoms with Gasteiger partial charge in [-0.2, -0.15) is 4.98 Å². The van der Waals surface area contributed by atoms with E-state index in [1.54, 1.807) is 0 Å². The molecule has 0 amide bonds. The van der Waals surface area contributed by atoms with Crippen molar-refractivity contribution >= 4 is 33.2 Å². The number of nitrogens with one attached hydrogen (secondary N) is 3. The van der Waals surface area contributed by atoms with Crippen LogP contribution in [0.2, 0.25) is 0 Å². The predicted molar refractivity (Wildman–Crippen MR) is 143 cm³/mol. The Morgan fingerprint density at radius 1 is 1.08 bits per heavy atom. The summed E-state index contributed by atoms with van der Waals surface area (Å²) in [4.78, 5) is 7.08. The highest BCUT2D eigenvalue weighted by Gasteiger charge is 2.22. The van der Waals surface area contributed by atoms with Gasteiger partial charge in [0.05, 0.1) is 7.64 Å². The Morgan fingerprint density at radius 2 is 1.86 bits per heavy atom. The molecule has 192 valence electrons. The first-order valence-corrected chi connectivity index (χ1v) is 11.5. The summed E-state index contributed by atoms with van der Waals surface area (Å²) >= 11 is 0. The van der Waals surface area contributed by atoms with Crippen LogP contribution >= 0.6 is 0 Å². The number of benzene rings is 2. The van der Waals surface area contributed by atoms with E-state index in [0.29, 0.717) is 0 Å². The smallest absolute Gasteiger partial charge is 0.241 e. The summed E-state index contributed by atoms with van der Waals surface area (Å²) in [5.74, 6) is -0.400. The van der Waals surface area contributed by atoms with E-state index in [0.717, 1.165) is 24.3 Å². The molecule has 0 spiro atoms. The molecule has 10 heteroatoms. The average Bonchev–Trinajstić information content (AvgIpc) is 3.09. The first kappa shape index (κ1) is 10.3. The topological polar surface area (TPSA) is 108 Å². The van der Waals surface area contributed by atoms with Crippen LogP contribution in [0.25, 0.3) is 0 Å². The van der Waals surface area contributed by atoms with E-state index in [4.69, 9.17) is 33.5 Å². The van der Waals surface area contributed by atoms with Gasteiger partial charge in [-0.15, -0.1) is 0 Å². The van der Waals surface area contributed by atoms with Gasteiger partial charge >= 0.3 is 0 Å². The summed E-state index contributed by atoms with van der Waals surface area (Å²) in [6.07, 6.45) is -5.98. The molecule has 1 saturated heterocycles. The van der Waals surface area contributed by atoms with Gasteiger partial charge in [-0.3, -0.25) is 4.90 Å². The quantitative estimate of drug-likeness (QED) is 0.351. The third kappa shape index (κ3) is 7.64. The number of rotatable bonds is 10. The number of sulfonamides is 1. The highest BCUT2D eigenvalue weighted by Crippen LogP contribution is 2.22. The van der Waals surface area contributed by atoms with Crippen molar-refractivity contribution in [2.75, 3.05) is 36.7 Å². The Morgan fingerprint density at radius 3 is 2.61 bits per heavy atom. The zero-order valence-corrected chi connectivity index (χ0v) is 19.1. The van der Waals surface area contributed by atoms with Crippen LogP contribution in [0.15, 0.2) is 65.7 Å². The highest BCUT2D eigenvalue weighted by atomic mass is 32.2. The van der Waals surface area contributed by atoms with Crippen molar-refractivity contribution in [1.29, 1.82) is 0 Å². The third-order valence-corrected chi connectivity index (χ3v) is 5.64. The lowest BCUT2D eigenvalue weighted by Gasteiger charge is -2.20. The average molecular weight is 532 g/mol. The molecule has 1 aliphatic rings. The van der Waals surface area contributed by atoms with Crippen LogP contribution < -0.4 is 20.1 Å². The number of hydrogen-bond donors (Lipinski definition) is 3. The monoisotopic (exact) mass is 531 g/mol. The van der Waals surface area contributed by atoms with E-state index in [1.807, 2.05) is 0 Å². The summed E-state index contributed by atoms with van der Waals surface area (Å²) in [5.41, 5.74) is -3.62. The van der Waals surface area contributed by atoms with Gasteiger partial charge in [-0.25, -0.2) is 18.1 Å². The first-order chi connectivity index (χ1) is 25.4. The summed E-state index contributed by atoms with van der Waals surface area (Å²) < 4.78 is 200. The maximum atomic E-state index is 13.3. The number of ether oxygens (including phenoxy) is 1. The second-order valence-corrected chi connectivity index (χ2v) is 8.73. The summed E-state index contributed by atoms with van der Waals surface area (Å²) in [6, 6.07) is 10.7. The van der Waals surface area contributed by atoms with Gasteiger partial charge in [0, 0.05) is 55.7 Å². The number of likely N-dealkylation sites (tertiary alicyclic amines) is 1. The van der Waals surface area contributed by atoms with Crippen LogP contribution in [0, 0.1) is 0 Å². The molecule has 0 aliphatic carbocycles. The van der Waals surface area contributed by atoms with Crippen molar-refractivity contribution in [3.8, 4) is 5.75 Å². The standard InChI is InChI=1S/C26H34N6O3S/c1-26(2,3)31-36(33,34)23-8-6-7-21(19-23)28-24-13-14-27-25(30-24)29-20-9-11-22(12-10-20)35-18-17-32-15-4-5-16-32/h6-14,19,31H,4-5,15-18H2,1-3H3,(H2,27,28,29,30)/i1D3,2D3,3D3,4D2,5D2,15D2,16D2,17D2,18D2. The largest absolute Gasteiger partial charge is 0.492 e. The molecule has 9 nitrogen and oxygen atoms in total. The molecule has 2 heterocycles. The molecule has 0 unspecified atom stereocenters. The number of aromatic nitrogens is 2. The van der Waals surface area contributed by atoms with E-state index in [9.17, 15) is 8.42 Å². The SMILES string of the molecule is [2H]C([2H])([2H])C(NS(=O)(=O)c1cccc(Nc2ccnc(Nc3ccc(OC([2H])([2H])C([2H])([2H])N4C([2H])([2H])C([2H])([2H])C([2H])([2H])C4([2H])[2H])cc3)n2)c1)(C([2H])([2H])[2H])C([2H])([2H])[2H]. The van der Waals surface area contributed by atoms with Crippen LogP contribution in [0.5, 0.6) is 5.75 Å². The fourth-order valence-corrected chi connectivity index (χ4v) is 3.81.